The molecule has 0 spiro atoms. The third kappa shape index (κ3) is 4.57. The molecule has 0 saturated heterocycles. The number of halogens is 1. The zero-order valence-corrected chi connectivity index (χ0v) is 12.5. The lowest BCUT2D eigenvalue weighted by atomic mass is 10.1. The highest BCUT2D eigenvalue weighted by molar-refractivity contribution is 9.10. The molecule has 0 aliphatic rings. The Morgan fingerprint density at radius 3 is 2.37 bits per heavy atom. The average molecular weight is 323 g/mol. The number of benzene rings is 1. The summed E-state index contributed by atoms with van der Waals surface area (Å²) in [6.07, 6.45) is -0.584. The Kier molecular flexibility index (Phi) is 6.38. The largest absolute Gasteiger partial charge is 0.397 e. The molecular weight excluding hydrogens is 308 g/mol. The Labute approximate surface area is 121 Å². The molecule has 19 heavy (non-hydrogen) atoms. The van der Waals surface area contributed by atoms with E-state index in [0.717, 1.165) is 4.47 Å². The maximum Gasteiger partial charge on any atom is 0.222 e. The molecule has 1 aromatic carbocycles. The number of anilines is 1. The minimum absolute atomic E-state index is 0.366. The van der Waals surface area contributed by atoms with Crippen LogP contribution >= 0.6 is 15.9 Å². The summed E-state index contributed by atoms with van der Waals surface area (Å²) in [6, 6.07) is 5.45. The second-order valence-electron chi connectivity index (χ2n) is 3.54. The van der Waals surface area contributed by atoms with Gasteiger partial charge >= 0.3 is 0 Å². The first-order valence-corrected chi connectivity index (χ1v) is 6.65. The van der Waals surface area contributed by atoms with Gasteiger partial charge in [-0.3, -0.25) is 0 Å². The van der Waals surface area contributed by atoms with Crippen molar-refractivity contribution < 1.29 is 9.47 Å². The Bertz CT molecular complexity index is 535. The summed E-state index contributed by atoms with van der Waals surface area (Å²) in [7, 11) is 0. The Morgan fingerprint density at radius 2 is 1.84 bits per heavy atom. The topological polar surface area (TPSA) is 68.3 Å². The molecule has 0 saturated carbocycles. The molecule has 5 heteroatoms. The van der Waals surface area contributed by atoms with Crippen molar-refractivity contribution in [3.63, 3.8) is 0 Å². The zero-order valence-electron chi connectivity index (χ0n) is 10.9. The van der Waals surface area contributed by atoms with Gasteiger partial charge in [-0.25, -0.2) is 0 Å². The van der Waals surface area contributed by atoms with Gasteiger partial charge in [-0.15, -0.1) is 0 Å². The van der Waals surface area contributed by atoms with Gasteiger partial charge in [0.25, 0.3) is 0 Å². The Morgan fingerprint density at radius 1 is 1.26 bits per heavy atom. The average Bonchev–Trinajstić information content (AvgIpc) is 2.39. The summed E-state index contributed by atoms with van der Waals surface area (Å²) in [4.78, 5) is 0. The summed E-state index contributed by atoms with van der Waals surface area (Å²) in [5, 5.41) is 8.96. The number of hydrogen-bond acceptors (Lipinski definition) is 4. The number of nitrogens with zero attached hydrogens (tertiary/aromatic N) is 1. The summed E-state index contributed by atoms with van der Waals surface area (Å²) in [6.45, 7) is 4.76. The van der Waals surface area contributed by atoms with E-state index in [2.05, 4.69) is 27.8 Å². The molecule has 0 aliphatic heterocycles. The fraction of sp³-hybridized carbons (Fsp3) is 0.357. The smallest absolute Gasteiger partial charge is 0.222 e. The minimum Gasteiger partial charge on any atom is -0.397 e. The number of nitriles is 1. The van der Waals surface area contributed by atoms with Crippen LogP contribution < -0.4 is 5.73 Å². The van der Waals surface area contributed by atoms with Gasteiger partial charge in [0.1, 0.15) is 6.07 Å². The van der Waals surface area contributed by atoms with Crippen LogP contribution in [0.2, 0.25) is 0 Å². The first kappa shape index (κ1) is 15.5. The molecule has 0 amide bonds. The number of hydrogen-bond donors (Lipinski definition) is 1. The summed E-state index contributed by atoms with van der Waals surface area (Å²) >= 11 is 3.32. The maximum absolute atomic E-state index is 8.96. The van der Waals surface area contributed by atoms with Crippen molar-refractivity contribution in [1.82, 2.24) is 0 Å². The third-order valence-corrected chi connectivity index (χ3v) is 2.68. The van der Waals surface area contributed by atoms with Gasteiger partial charge in [-0.05, 0) is 31.9 Å². The first-order chi connectivity index (χ1) is 9.12. The molecule has 0 fully saturated rings. The number of ether oxygens (including phenoxy) is 2. The van der Waals surface area contributed by atoms with Crippen molar-refractivity contribution >= 4 is 21.6 Å². The van der Waals surface area contributed by atoms with Crippen LogP contribution in [-0.4, -0.2) is 19.5 Å². The van der Waals surface area contributed by atoms with Crippen LogP contribution in [0.15, 0.2) is 16.6 Å². The first-order valence-electron chi connectivity index (χ1n) is 5.86. The summed E-state index contributed by atoms with van der Waals surface area (Å²) < 4.78 is 11.4. The number of nitrogens with two attached hydrogens (primary N) is 1. The van der Waals surface area contributed by atoms with Crippen LogP contribution in [0, 0.1) is 23.2 Å². The highest BCUT2D eigenvalue weighted by Crippen LogP contribution is 2.22. The Hall–Kier alpha value is -1.53. The lowest BCUT2D eigenvalue weighted by molar-refractivity contribution is -0.0969. The van der Waals surface area contributed by atoms with Gasteiger partial charge in [0.2, 0.25) is 6.29 Å². The fourth-order valence-corrected chi connectivity index (χ4v) is 1.84. The van der Waals surface area contributed by atoms with Crippen LogP contribution in [0.4, 0.5) is 5.69 Å². The maximum atomic E-state index is 8.96. The third-order valence-electron chi connectivity index (χ3n) is 2.23. The quantitative estimate of drug-likeness (QED) is 0.525. The van der Waals surface area contributed by atoms with E-state index >= 15 is 0 Å². The zero-order chi connectivity index (χ0) is 14.3. The Balaban J connectivity index is 3.05. The van der Waals surface area contributed by atoms with Crippen LogP contribution in [0.5, 0.6) is 0 Å². The molecule has 0 radical (unpaired) electrons. The van der Waals surface area contributed by atoms with Gasteiger partial charge < -0.3 is 15.2 Å². The summed E-state index contributed by atoms with van der Waals surface area (Å²) in [5.41, 5.74) is 7.21. The van der Waals surface area contributed by atoms with Crippen molar-refractivity contribution in [3.8, 4) is 17.9 Å². The molecule has 0 heterocycles. The molecule has 2 N–H and O–H groups in total. The van der Waals surface area contributed by atoms with Crippen LogP contribution in [0.3, 0.4) is 0 Å². The van der Waals surface area contributed by atoms with Crippen molar-refractivity contribution in [2.75, 3.05) is 18.9 Å². The second kappa shape index (κ2) is 7.81. The van der Waals surface area contributed by atoms with Gasteiger partial charge in [-0.1, -0.05) is 21.9 Å². The molecule has 0 atom stereocenters. The lowest BCUT2D eigenvalue weighted by Gasteiger charge is -2.10. The predicted octanol–water partition coefficient (Wildman–Crippen LogP) is 2.65. The molecule has 0 aliphatic carbocycles. The lowest BCUT2D eigenvalue weighted by Crippen LogP contribution is -2.14. The van der Waals surface area contributed by atoms with Crippen molar-refractivity contribution in [3.05, 3.63) is 27.7 Å². The van der Waals surface area contributed by atoms with E-state index in [1.807, 2.05) is 19.9 Å². The molecule has 1 aromatic rings. The van der Waals surface area contributed by atoms with E-state index in [1.54, 1.807) is 12.1 Å². The monoisotopic (exact) mass is 322 g/mol. The van der Waals surface area contributed by atoms with Gasteiger partial charge in [0.05, 0.1) is 16.8 Å². The molecule has 1 rings (SSSR count). The number of rotatable bonds is 4. The molecule has 0 bridgehead atoms. The van der Waals surface area contributed by atoms with E-state index in [1.165, 1.54) is 0 Å². The van der Waals surface area contributed by atoms with Crippen molar-refractivity contribution in [2.45, 2.75) is 20.1 Å². The predicted molar refractivity (Wildman–Crippen MR) is 77.2 cm³/mol. The highest BCUT2D eigenvalue weighted by atomic mass is 79.9. The molecule has 4 nitrogen and oxygen atoms in total. The van der Waals surface area contributed by atoms with Gasteiger partial charge in [0, 0.05) is 17.7 Å². The SMILES string of the molecule is CCOC(C#Cc1cc(Br)cc(C#N)c1N)OCC. The molecule has 100 valence electrons. The molecule has 0 unspecified atom stereocenters. The normalized spacial score (nSPS) is 9.84. The van der Waals surface area contributed by atoms with Crippen LogP contribution in [0.1, 0.15) is 25.0 Å². The van der Waals surface area contributed by atoms with Crippen molar-refractivity contribution in [2.24, 2.45) is 0 Å². The molecular formula is C14H15BrN2O2. The van der Waals surface area contributed by atoms with E-state index in [0.29, 0.717) is 30.0 Å². The van der Waals surface area contributed by atoms with Crippen LogP contribution in [-0.2, 0) is 9.47 Å². The van der Waals surface area contributed by atoms with E-state index in [4.69, 9.17) is 20.5 Å². The van der Waals surface area contributed by atoms with Crippen LogP contribution in [0.25, 0.3) is 0 Å². The van der Waals surface area contributed by atoms with E-state index in [-0.39, 0.29) is 0 Å². The standard InChI is InChI=1S/C14H15BrN2O2/c1-3-18-13(19-4-2)6-5-10-7-12(15)8-11(9-16)14(10)17/h7-8,13H,3-4,17H2,1-2H3. The summed E-state index contributed by atoms with van der Waals surface area (Å²) in [5.74, 6) is 5.74. The van der Waals surface area contributed by atoms with Crippen molar-refractivity contribution in [1.29, 1.82) is 5.26 Å². The highest BCUT2D eigenvalue weighted by Gasteiger charge is 2.06. The van der Waals surface area contributed by atoms with Gasteiger partial charge in [-0.2, -0.15) is 5.26 Å². The molecule has 0 aromatic heterocycles. The second-order valence-corrected chi connectivity index (χ2v) is 4.45. The number of nitrogen functional groups attached to an aromatic ring is 1. The van der Waals surface area contributed by atoms with Gasteiger partial charge in [0.15, 0.2) is 0 Å². The minimum atomic E-state index is -0.584. The van der Waals surface area contributed by atoms with E-state index in [9.17, 15) is 0 Å². The van der Waals surface area contributed by atoms with E-state index < -0.39 is 6.29 Å². The fourth-order valence-electron chi connectivity index (χ4n) is 1.38.